The first-order valence-corrected chi connectivity index (χ1v) is 21.1. The largest absolute Gasteiger partial charge is 0.453 e. The van der Waals surface area contributed by atoms with Gasteiger partial charge in [0.25, 0.3) is 5.92 Å². The zero-order chi connectivity index (χ0) is 44.2. The zero-order valence-corrected chi connectivity index (χ0v) is 35.9. The third-order valence-electron chi connectivity index (χ3n) is 12.8. The number of H-pyrrole nitrogens is 2. The number of halogens is 2. The number of aromatic amines is 2. The number of rotatable bonds is 12. The Labute approximate surface area is 358 Å². The smallest absolute Gasteiger partial charge is 0.407 e. The molecule has 0 radical (unpaired) electrons. The van der Waals surface area contributed by atoms with Crippen LogP contribution in [0.1, 0.15) is 95.2 Å². The molecule has 4 atom stereocenters. The van der Waals surface area contributed by atoms with E-state index in [0.29, 0.717) is 75.7 Å². The molecule has 0 unspecified atom stereocenters. The lowest BCUT2D eigenvalue weighted by atomic mass is 9.98. The molecule has 14 nitrogen and oxygen atoms in total. The Hall–Kier alpha value is -6.32. The molecular weight excluding hydrogens is 799 g/mol. The fraction of sp³-hybridized carbons (Fsp3) is 0.435. The van der Waals surface area contributed by atoms with Crippen molar-refractivity contribution in [2.45, 2.75) is 90.4 Å². The van der Waals surface area contributed by atoms with E-state index in [1.54, 1.807) is 47.2 Å². The SMILES string of the molecule is CC[C@@H](c1nc2ccc(-c3ccc4c(c3)C(F)(F)c3cc(-c5cnc([C@@H]6CC7(CC7)CN6C(=O)[C@@H](NC(=O)OC)C(C)C)[nH]5)ccc3-4)cc2[nH]1)N(CC)C(=O)[C@H](C)NC(=O)OC. The van der Waals surface area contributed by atoms with E-state index in [2.05, 4.69) is 30.3 Å². The molecule has 3 aliphatic rings. The molecule has 1 saturated heterocycles. The van der Waals surface area contributed by atoms with Crippen molar-refractivity contribution in [3.8, 4) is 33.5 Å². The minimum Gasteiger partial charge on any atom is -0.453 e. The molecule has 4 N–H and O–H groups in total. The summed E-state index contributed by atoms with van der Waals surface area (Å²) in [5.74, 6) is -2.82. The van der Waals surface area contributed by atoms with Crippen LogP contribution in [0.3, 0.4) is 0 Å². The van der Waals surface area contributed by atoms with Crippen LogP contribution in [0.5, 0.6) is 0 Å². The Morgan fingerprint density at radius 1 is 0.887 bits per heavy atom. The highest BCUT2D eigenvalue weighted by molar-refractivity contribution is 5.89. The number of nitrogens with one attached hydrogen (secondary N) is 4. The van der Waals surface area contributed by atoms with E-state index in [9.17, 15) is 19.2 Å². The van der Waals surface area contributed by atoms with Gasteiger partial charge in [0.05, 0.1) is 49.2 Å². The van der Waals surface area contributed by atoms with Crippen LogP contribution in [0.25, 0.3) is 44.5 Å². The molecule has 1 aliphatic heterocycles. The standard InChI is InChI=1S/C46H52F2N8O6/c1-8-36(55(9-2)41(57)25(5)50-43(59)61-6)40-51-33-15-12-27(20-34(33)52-40)26-10-13-29-30-14-11-28(19-32(30)46(47,48)31(29)18-26)35-22-49-39(53-35)37-21-45(16-17-45)23-56(37)42(58)38(24(3)4)54-44(60)62-7/h10-15,18-20,22,24-25,36-38H,8-9,16-17,21,23H2,1-7H3,(H,49,53)(H,50,59)(H,51,52)(H,54,60)/t25-,36-,37-,38-/m0/s1. The molecule has 1 saturated carbocycles. The van der Waals surface area contributed by atoms with Crippen LogP contribution in [0.15, 0.2) is 60.8 Å². The van der Waals surface area contributed by atoms with E-state index in [-0.39, 0.29) is 40.3 Å². The van der Waals surface area contributed by atoms with Crippen molar-refractivity contribution in [3.63, 3.8) is 0 Å². The monoisotopic (exact) mass is 850 g/mol. The first-order chi connectivity index (χ1) is 29.6. The fourth-order valence-corrected chi connectivity index (χ4v) is 9.18. The molecule has 326 valence electrons. The van der Waals surface area contributed by atoms with Gasteiger partial charge >= 0.3 is 12.2 Å². The summed E-state index contributed by atoms with van der Waals surface area (Å²) in [4.78, 5) is 70.9. The van der Waals surface area contributed by atoms with Crippen molar-refractivity contribution in [1.82, 2.24) is 40.4 Å². The number of imidazole rings is 2. The van der Waals surface area contributed by atoms with Crippen LogP contribution in [0.4, 0.5) is 18.4 Å². The van der Waals surface area contributed by atoms with Gasteiger partial charge in [-0.25, -0.2) is 19.6 Å². The number of nitrogens with zero attached hydrogens (tertiary/aromatic N) is 4. The quantitative estimate of drug-likeness (QED) is 0.0972. The van der Waals surface area contributed by atoms with Crippen LogP contribution >= 0.6 is 0 Å². The minimum absolute atomic E-state index is 0.00912. The van der Waals surface area contributed by atoms with Gasteiger partial charge in [0.1, 0.15) is 23.7 Å². The molecule has 1 spiro atoms. The molecular formula is C46H52F2N8O6. The minimum atomic E-state index is -3.29. The number of hydrogen-bond donors (Lipinski definition) is 4. The molecule has 3 heterocycles. The Balaban J connectivity index is 1.03. The number of methoxy groups -OCH3 is 2. The maximum Gasteiger partial charge on any atom is 0.407 e. The number of likely N-dealkylation sites (N-methyl/N-ethyl adjacent to an activating group) is 1. The predicted molar refractivity (Wildman–Crippen MR) is 228 cm³/mol. The zero-order valence-electron chi connectivity index (χ0n) is 35.9. The summed E-state index contributed by atoms with van der Waals surface area (Å²) in [7, 11) is 2.50. The van der Waals surface area contributed by atoms with E-state index in [0.717, 1.165) is 19.3 Å². The van der Waals surface area contributed by atoms with Crippen molar-refractivity contribution in [2.24, 2.45) is 11.3 Å². The molecule has 2 fully saturated rings. The third-order valence-corrected chi connectivity index (χ3v) is 12.8. The number of alkyl halides is 2. The van der Waals surface area contributed by atoms with Gasteiger partial charge < -0.3 is 39.9 Å². The van der Waals surface area contributed by atoms with Gasteiger partial charge in [-0.05, 0) is 97.4 Å². The molecule has 2 aliphatic carbocycles. The van der Waals surface area contributed by atoms with Crippen LogP contribution in [-0.2, 0) is 25.0 Å². The second-order valence-electron chi connectivity index (χ2n) is 17.1. The summed E-state index contributed by atoms with van der Waals surface area (Å²) < 4.78 is 42.6. The van der Waals surface area contributed by atoms with Crippen LogP contribution < -0.4 is 10.6 Å². The first-order valence-electron chi connectivity index (χ1n) is 21.1. The Morgan fingerprint density at radius 3 is 2.15 bits per heavy atom. The molecule has 62 heavy (non-hydrogen) atoms. The number of alkyl carbamates (subject to hydrolysis) is 2. The topological polar surface area (TPSA) is 175 Å². The average Bonchev–Trinajstić information content (AvgIpc) is 3.59. The van der Waals surface area contributed by atoms with Gasteiger partial charge in [0.2, 0.25) is 11.8 Å². The predicted octanol–water partition coefficient (Wildman–Crippen LogP) is 8.22. The van der Waals surface area contributed by atoms with E-state index in [4.69, 9.17) is 9.72 Å². The van der Waals surface area contributed by atoms with Gasteiger partial charge in [-0.2, -0.15) is 8.78 Å². The molecule has 4 amide bonds. The Kier molecular flexibility index (Phi) is 11.1. The van der Waals surface area contributed by atoms with Crippen molar-refractivity contribution in [2.75, 3.05) is 27.3 Å². The fourth-order valence-electron chi connectivity index (χ4n) is 9.18. The number of fused-ring (bicyclic) bond motifs is 4. The maximum absolute atomic E-state index is 16.6. The van der Waals surface area contributed by atoms with Gasteiger partial charge in [0.15, 0.2) is 0 Å². The summed E-state index contributed by atoms with van der Waals surface area (Å²) in [5, 5.41) is 5.23. The summed E-state index contributed by atoms with van der Waals surface area (Å²) in [6.45, 7) is 10.1. The molecule has 3 aromatic carbocycles. The number of likely N-dealkylation sites (tertiary alicyclic amines) is 1. The van der Waals surface area contributed by atoms with Crippen molar-refractivity contribution in [3.05, 3.63) is 83.6 Å². The van der Waals surface area contributed by atoms with Crippen LogP contribution in [-0.4, -0.2) is 93.1 Å². The number of amides is 4. The number of ether oxygens (including phenoxy) is 2. The van der Waals surface area contributed by atoms with E-state index >= 15 is 8.78 Å². The van der Waals surface area contributed by atoms with Gasteiger partial charge in [-0.15, -0.1) is 0 Å². The van der Waals surface area contributed by atoms with Gasteiger partial charge in [-0.3, -0.25) is 9.59 Å². The second kappa shape index (κ2) is 16.2. The highest BCUT2D eigenvalue weighted by Crippen LogP contribution is 2.58. The number of benzene rings is 3. The number of hydrogen-bond acceptors (Lipinski definition) is 8. The van der Waals surface area contributed by atoms with Crippen molar-refractivity contribution >= 4 is 35.0 Å². The number of carbonyl (C=O) groups excluding carboxylic acids is 4. The lowest BCUT2D eigenvalue weighted by Gasteiger charge is -2.31. The van der Waals surface area contributed by atoms with Crippen molar-refractivity contribution in [1.29, 1.82) is 0 Å². The van der Waals surface area contributed by atoms with Crippen LogP contribution in [0, 0.1) is 11.3 Å². The summed E-state index contributed by atoms with van der Waals surface area (Å²) in [6.07, 6.45) is 3.53. The van der Waals surface area contributed by atoms with E-state index < -0.39 is 36.2 Å². The molecule has 5 aromatic rings. The number of carbonyl (C=O) groups is 4. The average molecular weight is 851 g/mol. The summed E-state index contributed by atoms with van der Waals surface area (Å²) >= 11 is 0. The van der Waals surface area contributed by atoms with E-state index in [1.807, 2.05) is 52.0 Å². The molecule has 16 heteroatoms. The number of aromatic nitrogens is 4. The highest BCUT2D eigenvalue weighted by Gasteiger charge is 2.55. The summed E-state index contributed by atoms with van der Waals surface area (Å²) in [5.41, 5.74) is 4.50. The van der Waals surface area contributed by atoms with E-state index in [1.165, 1.54) is 20.3 Å². The second-order valence-corrected chi connectivity index (χ2v) is 17.1. The molecule has 8 rings (SSSR count). The summed E-state index contributed by atoms with van der Waals surface area (Å²) in [6, 6.07) is 13.3. The Bertz CT molecular complexity index is 2560. The Morgan fingerprint density at radius 2 is 1.52 bits per heavy atom. The highest BCUT2D eigenvalue weighted by atomic mass is 19.3. The maximum atomic E-state index is 16.6. The van der Waals surface area contributed by atoms with Gasteiger partial charge in [-0.1, -0.05) is 51.1 Å². The van der Waals surface area contributed by atoms with Crippen LogP contribution in [0.2, 0.25) is 0 Å². The lowest BCUT2D eigenvalue weighted by molar-refractivity contribution is -0.136. The molecule has 2 aromatic heterocycles. The van der Waals surface area contributed by atoms with Crippen molar-refractivity contribution < 1.29 is 37.4 Å². The lowest BCUT2D eigenvalue weighted by Crippen LogP contribution is -2.51. The first kappa shape index (κ1) is 42.4. The van der Waals surface area contributed by atoms with Gasteiger partial charge in [0, 0.05) is 29.8 Å². The molecule has 0 bridgehead atoms. The third kappa shape index (κ3) is 7.53. The normalized spacial score (nSPS) is 18.2.